The lowest BCUT2D eigenvalue weighted by Crippen LogP contribution is -2.24. The average molecular weight is 355 g/mol. The predicted octanol–water partition coefficient (Wildman–Crippen LogP) is 2.26. The van der Waals surface area contributed by atoms with Crippen LogP contribution in [0.2, 0.25) is 0 Å². The first-order valence-electron chi connectivity index (χ1n) is 5.60. The highest BCUT2D eigenvalue weighted by Crippen LogP contribution is 2.16. The molecule has 4 nitrogen and oxygen atoms in total. The number of hydrogen-bond acceptors (Lipinski definition) is 2. The number of nitrogens with one attached hydrogen (secondary N) is 1. The second kappa shape index (κ2) is 5.51. The molecule has 5 heteroatoms. The number of rotatable bonds is 3. The normalized spacial score (nSPS) is 10.4. The van der Waals surface area contributed by atoms with Crippen molar-refractivity contribution >= 4 is 28.5 Å². The van der Waals surface area contributed by atoms with Crippen LogP contribution in [-0.2, 0) is 13.6 Å². The smallest absolute Gasteiger partial charge is 0.252 e. The van der Waals surface area contributed by atoms with Gasteiger partial charge in [0, 0.05) is 16.8 Å². The van der Waals surface area contributed by atoms with Gasteiger partial charge in [0.1, 0.15) is 0 Å². The largest absolute Gasteiger partial charge is 0.346 e. The van der Waals surface area contributed by atoms with Crippen molar-refractivity contribution in [2.75, 3.05) is 0 Å². The molecule has 1 aromatic carbocycles. The molecule has 0 radical (unpaired) electrons. The lowest BCUT2D eigenvalue weighted by molar-refractivity contribution is 0.0949. The van der Waals surface area contributed by atoms with Crippen molar-refractivity contribution < 1.29 is 4.79 Å². The summed E-state index contributed by atoms with van der Waals surface area (Å²) < 4.78 is 2.71. The van der Waals surface area contributed by atoms with E-state index in [-0.39, 0.29) is 5.91 Å². The minimum atomic E-state index is -0.0613. The van der Waals surface area contributed by atoms with Crippen molar-refractivity contribution in [3.05, 3.63) is 50.9 Å². The maximum Gasteiger partial charge on any atom is 0.252 e. The summed E-state index contributed by atoms with van der Waals surface area (Å²) in [7, 11) is 1.86. The second-order valence-corrected chi connectivity index (χ2v) is 5.18. The standard InChI is InChI=1S/C13H14IN3O/c1-9-4-3-5-11(12(9)14)13(18)15-8-10-6-7-17(2)16-10/h3-7H,8H2,1-2H3,(H,15,18). The Bertz CT molecular complexity index is 577. The van der Waals surface area contributed by atoms with Gasteiger partial charge in [-0.05, 0) is 47.2 Å². The second-order valence-electron chi connectivity index (χ2n) is 4.10. The number of carbonyl (C=O) groups is 1. The molecule has 1 heterocycles. The van der Waals surface area contributed by atoms with Gasteiger partial charge >= 0.3 is 0 Å². The molecule has 18 heavy (non-hydrogen) atoms. The number of aryl methyl sites for hydroxylation is 2. The molecule has 0 bridgehead atoms. The lowest BCUT2D eigenvalue weighted by atomic mass is 10.1. The number of benzene rings is 1. The van der Waals surface area contributed by atoms with Crippen molar-refractivity contribution in [1.29, 1.82) is 0 Å². The van der Waals surface area contributed by atoms with Gasteiger partial charge in [-0.1, -0.05) is 12.1 Å². The molecule has 2 aromatic rings. The molecule has 0 saturated carbocycles. The van der Waals surface area contributed by atoms with Gasteiger partial charge in [-0.3, -0.25) is 9.48 Å². The molecule has 0 atom stereocenters. The zero-order valence-electron chi connectivity index (χ0n) is 10.3. The molecule has 0 aliphatic carbocycles. The summed E-state index contributed by atoms with van der Waals surface area (Å²) in [5.41, 5.74) is 2.68. The van der Waals surface area contributed by atoms with Crippen LogP contribution in [0.3, 0.4) is 0 Å². The summed E-state index contributed by atoms with van der Waals surface area (Å²) in [6, 6.07) is 7.62. The Morgan fingerprint density at radius 3 is 2.89 bits per heavy atom. The maximum atomic E-state index is 12.0. The van der Waals surface area contributed by atoms with Gasteiger partial charge in [-0.15, -0.1) is 0 Å². The topological polar surface area (TPSA) is 46.9 Å². The Morgan fingerprint density at radius 2 is 2.22 bits per heavy atom. The minimum Gasteiger partial charge on any atom is -0.346 e. The lowest BCUT2D eigenvalue weighted by Gasteiger charge is -2.07. The SMILES string of the molecule is Cc1cccc(C(=O)NCc2ccn(C)n2)c1I. The molecule has 0 aliphatic rings. The Morgan fingerprint density at radius 1 is 1.44 bits per heavy atom. The van der Waals surface area contributed by atoms with Gasteiger partial charge in [0.25, 0.3) is 5.91 Å². The Kier molecular flexibility index (Phi) is 4.00. The molecule has 0 saturated heterocycles. The summed E-state index contributed by atoms with van der Waals surface area (Å²) >= 11 is 2.20. The fraction of sp³-hybridized carbons (Fsp3) is 0.231. The van der Waals surface area contributed by atoms with E-state index >= 15 is 0 Å². The van der Waals surface area contributed by atoms with Crippen LogP contribution in [0.15, 0.2) is 30.5 Å². The van der Waals surface area contributed by atoms with Crippen LogP contribution in [0, 0.1) is 10.5 Å². The van der Waals surface area contributed by atoms with Crippen molar-refractivity contribution in [3.63, 3.8) is 0 Å². The molecule has 1 amide bonds. The highest BCUT2D eigenvalue weighted by Gasteiger charge is 2.11. The van der Waals surface area contributed by atoms with E-state index in [1.165, 1.54) is 0 Å². The summed E-state index contributed by atoms with van der Waals surface area (Å²) in [6.07, 6.45) is 1.86. The highest BCUT2D eigenvalue weighted by molar-refractivity contribution is 14.1. The third kappa shape index (κ3) is 2.90. The van der Waals surface area contributed by atoms with Crippen LogP contribution in [0.1, 0.15) is 21.6 Å². The Labute approximate surface area is 120 Å². The summed E-state index contributed by atoms with van der Waals surface area (Å²) in [4.78, 5) is 12.0. The molecule has 1 aromatic heterocycles. The van der Waals surface area contributed by atoms with Crippen LogP contribution in [0.5, 0.6) is 0 Å². The number of carbonyl (C=O) groups excluding carboxylic acids is 1. The molecular formula is C13H14IN3O. The number of hydrogen-bond donors (Lipinski definition) is 1. The summed E-state index contributed by atoms with van der Waals surface area (Å²) in [5.74, 6) is -0.0613. The first-order chi connectivity index (χ1) is 8.58. The third-order valence-corrected chi connectivity index (χ3v) is 4.07. The van der Waals surface area contributed by atoms with Gasteiger partial charge < -0.3 is 5.32 Å². The van der Waals surface area contributed by atoms with Crippen molar-refractivity contribution in [1.82, 2.24) is 15.1 Å². The zero-order chi connectivity index (χ0) is 13.1. The quantitative estimate of drug-likeness (QED) is 0.859. The first-order valence-corrected chi connectivity index (χ1v) is 6.67. The molecule has 0 aliphatic heterocycles. The number of aromatic nitrogens is 2. The maximum absolute atomic E-state index is 12.0. The van der Waals surface area contributed by atoms with Crippen LogP contribution >= 0.6 is 22.6 Å². The minimum absolute atomic E-state index is 0.0613. The van der Waals surface area contributed by atoms with Crippen molar-refractivity contribution in [3.8, 4) is 0 Å². The van der Waals surface area contributed by atoms with E-state index in [9.17, 15) is 4.79 Å². The first kappa shape index (κ1) is 13.1. The van der Waals surface area contributed by atoms with Crippen LogP contribution in [0.4, 0.5) is 0 Å². The molecule has 0 unspecified atom stereocenters. The number of nitrogens with zero attached hydrogens (tertiary/aromatic N) is 2. The number of amides is 1. The van der Waals surface area contributed by atoms with E-state index < -0.39 is 0 Å². The molecule has 0 spiro atoms. The Balaban J connectivity index is 2.06. The monoisotopic (exact) mass is 355 g/mol. The van der Waals surface area contributed by atoms with E-state index in [4.69, 9.17) is 0 Å². The van der Waals surface area contributed by atoms with Gasteiger partial charge in [0.2, 0.25) is 0 Å². The zero-order valence-corrected chi connectivity index (χ0v) is 12.4. The molecular weight excluding hydrogens is 341 g/mol. The van der Waals surface area contributed by atoms with Gasteiger partial charge in [-0.2, -0.15) is 5.10 Å². The van der Waals surface area contributed by atoms with E-state index in [2.05, 4.69) is 33.0 Å². The fourth-order valence-electron chi connectivity index (χ4n) is 1.65. The van der Waals surface area contributed by atoms with Crippen molar-refractivity contribution in [2.45, 2.75) is 13.5 Å². The number of halogens is 1. The molecule has 0 fully saturated rings. The van der Waals surface area contributed by atoms with Gasteiger partial charge in [0.05, 0.1) is 17.8 Å². The predicted molar refractivity (Wildman–Crippen MR) is 78.3 cm³/mol. The van der Waals surface area contributed by atoms with Crippen LogP contribution in [-0.4, -0.2) is 15.7 Å². The van der Waals surface area contributed by atoms with Crippen LogP contribution < -0.4 is 5.32 Å². The Hall–Kier alpha value is -1.37. The molecule has 1 N–H and O–H groups in total. The van der Waals surface area contributed by atoms with Crippen molar-refractivity contribution in [2.24, 2.45) is 7.05 Å². The van der Waals surface area contributed by atoms with E-state index in [0.717, 1.165) is 14.8 Å². The summed E-state index contributed by atoms with van der Waals surface area (Å²) in [5, 5.41) is 7.09. The van der Waals surface area contributed by atoms with E-state index in [0.29, 0.717) is 12.1 Å². The van der Waals surface area contributed by atoms with E-state index in [1.807, 2.05) is 44.4 Å². The fourth-order valence-corrected chi connectivity index (χ4v) is 2.25. The third-order valence-electron chi connectivity index (χ3n) is 2.64. The van der Waals surface area contributed by atoms with Crippen LogP contribution in [0.25, 0.3) is 0 Å². The average Bonchev–Trinajstić information content (AvgIpc) is 2.76. The summed E-state index contributed by atoms with van der Waals surface area (Å²) in [6.45, 7) is 2.45. The van der Waals surface area contributed by atoms with Gasteiger partial charge in [0.15, 0.2) is 0 Å². The van der Waals surface area contributed by atoms with Gasteiger partial charge in [-0.25, -0.2) is 0 Å². The van der Waals surface area contributed by atoms with E-state index in [1.54, 1.807) is 4.68 Å². The highest BCUT2D eigenvalue weighted by atomic mass is 127. The molecule has 2 rings (SSSR count). The molecule has 94 valence electrons.